The highest BCUT2D eigenvalue weighted by molar-refractivity contribution is 7.89. The fraction of sp³-hybridized carbons (Fsp3) is 0.600. The number of rotatable bonds is 2. The number of likely N-dealkylation sites (N-methyl/N-ethyl adjacent to an activating group) is 1. The zero-order valence-electron chi connectivity index (χ0n) is 12.1. The maximum atomic E-state index is 12.8. The van der Waals surface area contributed by atoms with Gasteiger partial charge < -0.3 is 4.90 Å². The van der Waals surface area contributed by atoms with Gasteiger partial charge in [-0.25, -0.2) is 8.42 Å². The minimum absolute atomic E-state index is 0.369. The van der Waals surface area contributed by atoms with Crippen molar-refractivity contribution in [2.45, 2.75) is 30.7 Å². The van der Waals surface area contributed by atoms with Crippen molar-refractivity contribution in [2.75, 3.05) is 26.7 Å². The van der Waals surface area contributed by atoms with Crippen LogP contribution in [0.2, 0.25) is 0 Å². The zero-order chi connectivity index (χ0) is 14.3. The van der Waals surface area contributed by atoms with Gasteiger partial charge in [-0.3, -0.25) is 0 Å². The van der Waals surface area contributed by atoms with Crippen LogP contribution in [0.15, 0.2) is 29.2 Å². The zero-order valence-corrected chi connectivity index (χ0v) is 12.9. The van der Waals surface area contributed by atoms with Crippen molar-refractivity contribution in [1.82, 2.24) is 9.21 Å². The molecule has 3 heterocycles. The highest BCUT2D eigenvalue weighted by Crippen LogP contribution is 2.30. The van der Waals surface area contributed by atoms with Gasteiger partial charge >= 0.3 is 0 Å². The second-order valence-electron chi connectivity index (χ2n) is 6.18. The highest BCUT2D eigenvalue weighted by atomic mass is 32.2. The predicted molar refractivity (Wildman–Crippen MR) is 79.1 cm³/mol. The van der Waals surface area contributed by atoms with E-state index in [0.717, 1.165) is 24.9 Å². The van der Waals surface area contributed by atoms with Crippen molar-refractivity contribution in [3.63, 3.8) is 0 Å². The molecule has 0 radical (unpaired) electrons. The Morgan fingerprint density at radius 2 is 1.95 bits per heavy atom. The summed E-state index contributed by atoms with van der Waals surface area (Å²) in [6.45, 7) is 4.24. The van der Waals surface area contributed by atoms with Crippen LogP contribution in [-0.2, 0) is 10.0 Å². The Balaban J connectivity index is 1.92. The van der Waals surface area contributed by atoms with Gasteiger partial charge in [0.1, 0.15) is 0 Å². The van der Waals surface area contributed by atoms with Gasteiger partial charge in [0, 0.05) is 25.7 Å². The number of fused-ring (bicyclic) bond motifs is 4. The molecule has 2 atom stereocenters. The summed E-state index contributed by atoms with van der Waals surface area (Å²) in [5.74, 6) is 0.471. The van der Waals surface area contributed by atoms with Crippen LogP contribution in [0.3, 0.4) is 0 Å². The normalized spacial score (nSPS) is 28.5. The van der Waals surface area contributed by atoms with Crippen molar-refractivity contribution in [3.8, 4) is 0 Å². The van der Waals surface area contributed by atoms with E-state index in [1.54, 1.807) is 16.4 Å². The summed E-state index contributed by atoms with van der Waals surface area (Å²) in [5.41, 5.74) is 0.987. The largest absolute Gasteiger partial charge is 0.302 e. The topological polar surface area (TPSA) is 40.6 Å². The maximum absolute atomic E-state index is 12.8. The number of sulfonamides is 1. The van der Waals surface area contributed by atoms with Gasteiger partial charge in [-0.2, -0.15) is 4.31 Å². The second-order valence-corrected chi connectivity index (χ2v) is 8.11. The van der Waals surface area contributed by atoms with Gasteiger partial charge in [-0.05, 0) is 50.4 Å². The molecule has 110 valence electrons. The maximum Gasteiger partial charge on any atom is 0.243 e. The van der Waals surface area contributed by atoms with Crippen LogP contribution in [0.1, 0.15) is 18.4 Å². The first-order valence-corrected chi connectivity index (χ1v) is 8.68. The van der Waals surface area contributed by atoms with Crippen molar-refractivity contribution in [3.05, 3.63) is 29.8 Å². The van der Waals surface area contributed by atoms with Crippen LogP contribution in [0.4, 0.5) is 0 Å². The van der Waals surface area contributed by atoms with Crippen molar-refractivity contribution < 1.29 is 8.42 Å². The third kappa shape index (κ3) is 2.50. The second kappa shape index (κ2) is 5.13. The summed E-state index contributed by atoms with van der Waals surface area (Å²) in [6.07, 6.45) is 2.26. The summed E-state index contributed by atoms with van der Waals surface area (Å²) in [4.78, 5) is 2.75. The number of aryl methyl sites for hydroxylation is 1. The number of hydrogen-bond acceptors (Lipinski definition) is 3. The molecular weight excluding hydrogens is 272 g/mol. The average molecular weight is 294 g/mol. The van der Waals surface area contributed by atoms with E-state index in [0.29, 0.717) is 29.9 Å². The lowest BCUT2D eigenvalue weighted by molar-refractivity contribution is 0.168. The van der Waals surface area contributed by atoms with Gasteiger partial charge in [0.25, 0.3) is 0 Å². The Morgan fingerprint density at radius 3 is 2.65 bits per heavy atom. The fourth-order valence-electron chi connectivity index (χ4n) is 3.39. The smallest absolute Gasteiger partial charge is 0.243 e. The molecule has 0 aliphatic carbocycles. The molecule has 0 saturated carbocycles. The first kappa shape index (κ1) is 14.0. The number of nitrogens with zero attached hydrogens (tertiary/aromatic N) is 2. The molecule has 0 amide bonds. The van der Waals surface area contributed by atoms with Crippen LogP contribution < -0.4 is 0 Å². The molecule has 0 unspecified atom stereocenters. The number of piperidine rings is 1. The van der Waals surface area contributed by atoms with Gasteiger partial charge in [0.2, 0.25) is 10.0 Å². The molecular formula is C15H22N2O2S. The van der Waals surface area contributed by atoms with Crippen molar-refractivity contribution >= 4 is 10.0 Å². The molecule has 4 rings (SSSR count). The number of hydrogen-bond donors (Lipinski definition) is 0. The van der Waals surface area contributed by atoms with E-state index in [4.69, 9.17) is 0 Å². The van der Waals surface area contributed by atoms with E-state index in [9.17, 15) is 8.42 Å². The monoisotopic (exact) mass is 294 g/mol. The summed E-state index contributed by atoms with van der Waals surface area (Å²) in [6, 6.07) is 7.60. The minimum atomic E-state index is -3.35. The molecule has 3 saturated heterocycles. The van der Waals surface area contributed by atoms with E-state index in [1.807, 2.05) is 19.1 Å². The Morgan fingerprint density at radius 1 is 1.15 bits per heavy atom. The SMILES string of the molecule is Cc1cccc(S(=O)(=O)N2C[C@@H]3CC[C@H](C2)N(C)C3)c1. The Kier molecular flexibility index (Phi) is 3.60. The van der Waals surface area contributed by atoms with Crippen molar-refractivity contribution in [2.24, 2.45) is 5.92 Å². The standard InChI is InChI=1S/C15H22N2O2S/c1-12-4-3-5-15(8-12)20(18,19)17-10-13-6-7-14(11-17)16(2)9-13/h3-5,8,13-14H,6-7,9-11H2,1-2H3/t13-,14-/m1/s1. The first-order chi connectivity index (χ1) is 9.46. The Bertz CT molecular complexity index is 600. The van der Waals surface area contributed by atoms with E-state index in [2.05, 4.69) is 11.9 Å². The quantitative estimate of drug-likeness (QED) is 0.834. The summed E-state index contributed by atoms with van der Waals surface area (Å²) >= 11 is 0. The molecule has 0 N–H and O–H groups in total. The third-order valence-corrected chi connectivity index (χ3v) is 6.41. The lowest BCUT2D eigenvalue weighted by Gasteiger charge is -2.32. The summed E-state index contributed by atoms with van der Waals surface area (Å²) < 4.78 is 27.4. The predicted octanol–water partition coefficient (Wildman–Crippen LogP) is 1.71. The van der Waals surface area contributed by atoms with Gasteiger partial charge in [0.05, 0.1) is 4.90 Å². The highest BCUT2D eigenvalue weighted by Gasteiger charge is 2.38. The van der Waals surface area contributed by atoms with Crippen molar-refractivity contribution in [1.29, 1.82) is 0 Å². The third-order valence-electron chi connectivity index (χ3n) is 4.58. The molecule has 20 heavy (non-hydrogen) atoms. The minimum Gasteiger partial charge on any atom is -0.302 e. The molecule has 1 aromatic rings. The molecule has 2 bridgehead atoms. The molecule has 0 aromatic heterocycles. The van der Waals surface area contributed by atoms with E-state index < -0.39 is 10.0 Å². The van der Waals surface area contributed by atoms with E-state index in [-0.39, 0.29) is 0 Å². The molecule has 3 aliphatic rings. The molecule has 4 nitrogen and oxygen atoms in total. The molecule has 5 heteroatoms. The summed E-state index contributed by atoms with van der Waals surface area (Å²) in [5, 5.41) is 0. The van der Waals surface area contributed by atoms with Crippen LogP contribution >= 0.6 is 0 Å². The fourth-order valence-corrected chi connectivity index (χ4v) is 5.05. The van der Waals surface area contributed by atoms with E-state index >= 15 is 0 Å². The van der Waals surface area contributed by atoms with Gasteiger partial charge in [-0.1, -0.05) is 12.1 Å². The van der Waals surface area contributed by atoms with Gasteiger partial charge in [0.15, 0.2) is 0 Å². The van der Waals surface area contributed by atoms with Crippen LogP contribution in [0.25, 0.3) is 0 Å². The van der Waals surface area contributed by atoms with Gasteiger partial charge in [-0.15, -0.1) is 0 Å². The molecule has 3 fully saturated rings. The summed E-state index contributed by atoms with van der Waals surface area (Å²) in [7, 11) is -1.24. The average Bonchev–Trinajstić information content (AvgIpc) is 2.70. The molecule has 1 aromatic carbocycles. The van der Waals surface area contributed by atoms with Crippen LogP contribution in [0, 0.1) is 12.8 Å². The lowest BCUT2D eigenvalue weighted by Crippen LogP contribution is -2.41. The Hall–Kier alpha value is -0.910. The van der Waals surface area contributed by atoms with E-state index in [1.165, 1.54) is 0 Å². The van der Waals surface area contributed by atoms with Crippen LogP contribution in [0.5, 0.6) is 0 Å². The molecule has 0 spiro atoms. The molecule has 3 aliphatic heterocycles. The number of benzene rings is 1. The van der Waals surface area contributed by atoms with Crippen LogP contribution in [-0.4, -0.2) is 50.3 Å². The Labute approximate surface area is 121 Å². The first-order valence-electron chi connectivity index (χ1n) is 7.24. The lowest BCUT2D eigenvalue weighted by atomic mass is 9.96.